The van der Waals surface area contributed by atoms with E-state index in [0.717, 1.165) is 57.2 Å². The number of amides is 3. The lowest BCUT2D eigenvalue weighted by Crippen LogP contribution is -2.50. The van der Waals surface area contributed by atoms with Crippen LogP contribution in [0, 0.1) is 0 Å². The van der Waals surface area contributed by atoms with Gasteiger partial charge in [-0.05, 0) is 70.3 Å². The van der Waals surface area contributed by atoms with E-state index in [2.05, 4.69) is 47.5 Å². The summed E-state index contributed by atoms with van der Waals surface area (Å²) < 4.78 is 5.07. The maximum absolute atomic E-state index is 12.6. The molecule has 4 fully saturated rings. The van der Waals surface area contributed by atoms with Crippen LogP contribution in [0.25, 0.3) is 0 Å². The molecule has 0 atom stereocenters. The van der Waals surface area contributed by atoms with Crippen molar-refractivity contribution in [1.29, 1.82) is 0 Å². The number of hydrogen-bond acceptors (Lipinski definition) is 8. The third-order valence-electron chi connectivity index (χ3n) is 8.96. The Balaban J connectivity index is 0.904. The summed E-state index contributed by atoms with van der Waals surface area (Å²) in [6, 6.07) is 4.67. The molecule has 0 bridgehead atoms. The first kappa shape index (κ1) is 26.6. The zero-order valence-corrected chi connectivity index (χ0v) is 23.0. The van der Waals surface area contributed by atoms with E-state index in [1.165, 1.54) is 31.4 Å². The minimum absolute atomic E-state index is 0.0861. The number of aromatic nitrogens is 4. The van der Waals surface area contributed by atoms with Gasteiger partial charge in [-0.15, -0.1) is 0 Å². The van der Waals surface area contributed by atoms with Gasteiger partial charge in [0.25, 0.3) is 0 Å². The normalized spacial score (nSPS) is 27.3. The monoisotopic (exact) mass is 551 g/mol. The molecule has 3 saturated carbocycles. The Morgan fingerprint density at radius 3 is 2.33 bits per heavy atom. The van der Waals surface area contributed by atoms with Crippen molar-refractivity contribution in [2.75, 3.05) is 23.8 Å². The van der Waals surface area contributed by atoms with Crippen LogP contribution < -0.4 is 21.3 Å². The van der Waals surface area contributed by atoms with Crippen LogP contribution in [0.5, 0.6) is 0 Å². The van der Waals surface area contributed by atoms with Gasteiger partial charge < -0.3 is 30.9 Å². The van der Waals surface area contributed by atoms with Gasteiger partial charge in [-0.1, -0.05) is 12.8 Å². The Morgan fingerprint density at radius 1 is 0.925 bits per heavy atom. The molecule has 5 N–H and O–H groups in total. The van der Waals surface area contributed by atoms with Gasteiger partial charge >= 0.3 is 12.1 Å². The van der Waals surface area contributed by atoms with Crippen LogP contribution in [0.1, 0.15) is 88.7 Å². The molecular formula is C28H41N9O3. The highest BCUT2D eigenvalue weighted by molar-refractivity contribution is 5.74. The average molecular weight is 552 g/mol. The molecule has 12 heteroatoms. The zero-order chi connectivity index (χ0) is 27.3. The van der Waals surface area contributed by atoms with Crippen molar-refractivity contribution in [2.45, 2.75) is 107 Å². The van der Waals surface area contributed by atoms with Crippen LogP contribution in [-0.2, 0) is 4.74 Å². The van der Waals surface area contributed by atoms with Gasteiger partial charge in [0.15, 0.2) is 5.82 Å². The predicted octanol–water partition coefficient (Wildman–Crippen LogP) is 4.39. The first-order chi connectivity index (χ1) is 19.6. The summed E-state index contributed by atoms with van der Waals surface area (Å²) in [5, 5.41) is 20.7. The van der Waals surface area contributed by atoms with Crippen LogP contribution in [0.15, 0.2) is 18.3 Å². The highest BCUT2D eigenvalue weighted by Gasteiger charge is 2.33. The van der Waals surface area contributed by atoms with E-state index in [-0.39, 0.29) is 36.3 Å². The minimum atomic E-state index is -0.197. The van der Waals surface area contributed by atoms with E-state index in [1.807, 2.05) is 11.0 Å². The fourth-order valence-electron chi connectivity index (χ4n) is 6.72. The van der Waals surface area contributed by atoms with Crippen molar-refractivity contribution in [2.24, 2.45) is 0 Å². The van der Waals surface area contributed by atoms with Gasteiger partial charge in [-0.2, -0.15) is 10.1 Å². The molecule has 216 valence electrons. The number of nitrogens with one attached hydrogen (secondary N) is 5. The van der Waals surface area contributed by atoms with E-state index in [1.54, 1.807) is 6.20 Å². The van der Waals surface area contributed by atoms with E-state index in [0.29, 0.717) is 30.8 Å². The molecule has 3 heterocycles. The molecule has 12 nitrogen and oxygen atoms in total. The SMILES string of the molecule is O=C(NC1CCC(Nc2nccc(Nc3cc(C4CCCC4)[nH]n3)n2)CC1)NC1CCC(N2CCOC2=O)CC1. The Hall–Kier alpha value is -3.57. The summed E-state index contributed by atoms with van der Waals surface area (Å²) in [7, 11) is 0. The Bertz CT molecular complexity index is 1150. The average Bonchev–Trinajstić information content (AvgIpc) is 3.73. The summed E-state index contributed by atoms with van der Waals surface area (Å²) in [6.07, 6.45) is 13.9. The van der Waals surface area contributed by atoms with Crippen LogP contribution >= 0.6 is 0 Å². The summed E-state index contributed by atoms with van der Waals surface area (Å²) in [5.74, 6) is 2.68. The largest absolute Gasteiger partial charge is 0.448 e. The van der Waals surface area contributed by atoms with E-state index >= 15 is 0 Å². The number of carbonyl (C=O) groups is 2. The lowest BCUT2D eigenvalue weighted by Gasteiger charge is -2.34. The van der Waals surface area contributed by atoms with Crippen molar-refractivity contribution in [3.05, 3.63) is 24.0 Å². The van der Waals surface area contributed by atoms with Crippen molar-refractivity contribution >= 4 is 29.7 Å². The van der Waals surface area contributed by atoms with Gasteiger partial charge in [-0.25, -0.2) is 14.6 Å². The second-order valence-corrected chi connectivity index (χ2v) is 11.7. The van der Waals surface area contributed by atoms with Gasteiger partial charge in [0.05, 0.1) is 6.54 Å². The molecule has 0 aromatic carbocycles. The topological polar surface area (TPSA) is 149 Å². The number of hydrogen-bond donors (Lipinski definition) is 5. The maximum Gasteiger partial charge on any atom is 0.410 e. The van der Waals surface area contributed by atoms with Crippen molar-refractivity contribution < 1.29 is 14.3 Å². The lowest BCUT2D eigenvalue weighted by atomic mass is 9.90. The lowest BCUT2D eigenvalue weighted by molar-refractivity contribution is 0.135. The Kier molecular flexibility index (Phi) is 8.19. The molecule has 2 aromatic heterocycles. The number of ether oxygens (including phenoxy) is 1. The molecule has 1 aliphatic heterocycles. The van der Waals surface area contributed by atoms with Gasteiger partial charge in [0.1, 0.15) is 12.4 Å². The van der Waals surface area contributed by atoms with Crippen LogP contribution in [-0.4, -0.2) is 74.5 Å². The third kappa shape index (κ3) is 6.59. The minimum Gasteiger partial charge on any atom is -0.448 e. The molecule has 0 unspecified atom stereocenters. The molecule has 6 rings (SSSR count). The number of urea groups is 1. The zero-order valence-electron chi connectivity index (χ0n) is 23.0. The van der Waals surface area contributed by atoms with E-state index in [4.69, 9.17) is 4.74 Å². The maximum atomic E-state index is 12.6. The number of rotatable bonds is 8. The molecule has 4 aliphatic rings. The van der Waals surface area contributed by atoms with Crippen LogP contribution in [0.2, 0.25) is 0 Å². The Labute approximate surface area is 234 Å². The number of aromatic amines is 1. The molecule has 0 radical (unpaired) electrons. The standard InChI is InChI=1S/C28H41N9O3/c38-27(32-21-9-11-22(12-10-21)37-15-16-40-28(37)39)31-20-7-5-19(6-8-20)30-26-29-14-13-24(34-26)33-25-17-23(35-36-25)18-3-1-2-4-18/h13-14,17-22H,1-12,15-16H2,(H2,31,32,38)(H3,29,30,33,34,35,36). The van der Waals surface area contributed by atoms with Crippen LogP contribution in [0.4, 0.5) is 27.2 Å². The van der Waals surface area contributed by atoms with Gasteiger partial charge in [-0.3, -0.25) is 5.10 Å². The second kappa shape index (κ2) is 12.3. The summed E-state index contributed by atoms with van der Waals surface area (Å²) in [5.41, 5.74) is 1.20. The predicted molar refractivity (Wildman–Crippen MR) is 151 cm³/mol. The quantitative estimate of drug-likeness (QED) is 0.324. The molecule has 0 spiro atoms. The first-order valence-electron chi connectivity index (χ1n) is 15.0. The molecule has 2 aromatic rings. The fraction of sp³-hybridized carbons (Fsp3) is 0.679. The van der Waals surface area contributed by atoms with Crippen molar-refractivity contribution in [3.63, 3.8) is 0 Å². The summed E-state index contributed by atoms with van der Waals surface area (Å²) in [4.78, 5) is 35.3. The third-order valence-corrected chi connectivity index (χ3v) is 8.96. The molecule has 3 amide bonds. The first-order valence-corrected chi connectivity index (χ1v) is 15.0. The smallest absolute Gasteiger partial charge is 0.410 e. The second-order valence-electron chi connectivity index (χ2n) is 11.7. The highest BCUT2D eigenvalue weighted by atomic mass is 16.6. The molecule has 40 heavy (non-hydrogen) atoms. The Morgan fingerprint density at radius 2 is 1.62 bits per heavy atom. The number of nitrogens with zero attached hydrogens (tertiary/aromatic N) is 4. The van der Waals surface area contributed by atoms with Crippen molar-refractivity contribution in [3.8, 4) is 0 Å². The molecule has 3 aliphatic carbocycles. The summed E-state index contributed by atoms with van der Waals surface area (Å²) >= 11 is 0. The molecular weight excluding hydrogens is 510 g/mol. The number of cyclic esters (lactones) is 1. The molecule has 1 saturated heterocycles. The number of anilines is 3. The summed E-state index contributed by atoms with van der Waals surface area (Å²) in [6.45, 7) is 1.17. The van der Waals surface area contributed by atoms with E-state index < -0.39 is 0 Å². The van der Waals surface area contributed by atoms with Crippen molar-refractivity contribution in [1.82, 2.24) is 35.7 Å². The number of H-pyrrole nitrogens is 1. The van der Waals surface area contributed by atoms with Gasteiger partial charge in [0.2, 0.25) is 5.95 Å². The fourth-order valence-corrected chi connectivity index (χ4v) is 6.72. The highest BCUT2D eigenvalue weighted by Crippen LogP contribution is 2.34. The number of carbonyl (C=O) groups excluding carboxylic acids is 2. The van der Waals surface area contributed by atoms with Gasteiger partial charge in [0, 0.05) is 48.0 Å². The van der Waals surface area contributed by atoms with E-state index in [9.17, 15) is 9.59 Å². The van der Waals surface area contributed by atoms with Crippen LogP contribution in [0.3, 0.4) is 0 Å².